The van der Waals surface area contributed by atoms with Crippen LogP contribution in [-0.4, -0.2) is 84.3 Å². The van der Waals surface area contributed by atoms with Gasteiger partial charge in [0.05, 0.1) is 0 Å². The molecule has 2 N–H and O–H groups in total. The van der Waals surface area contributed by atoms with E-state index in [1.807, 2.05) is 0 Å². The maximum atomic E-state index is 14.7. The lowest BCUT2D eigenvalue weighted by Gasteiger charge is -2.38. The van der Waals surface area contributed by atoms with Gasteiger partial charge < -0.3 is 30.2 Å². The van der Waals surface area contributed by atoms with Crippen LogP contribution >= 0.6 is 0 Å². The molecule has 0 atom stereocenters. The highest BCUT2D eigenvalue weighted by Crippen LogP contribution is 2.56. The van der Waals surface area contributed by atoms with Gasteiger partial charge in [0.1, 0.15) is 0 Å². The number of nitrogens with zero attached hydrogens (tertiary/aromatic N) is 4. The van der Waals surface area contributed by atoms with Crippen LogP contribution in [0.4, 0.5) is 37.7 Å². The van der Waals surface area contributed by atoms with Gasteiger partial charge in [0, 0.05) is 64.4 Å². The SMILES string of the molecule is CN1C=CN(C)C1C(=O)Nc1ccc(C(c2cccc(NC(=O)C3N(C)C=CN3C)c2)(C(F)(F)F)C(F)(F)F)cc1. The minimum atomic E-state index is -5.82. The first-order valence-electron chi connectivity index (χ1n) is 12.3. The number of likely N-dealkylation sites (N-methyl/N-ethyl adjacent to an activating group) is 4. The standard InChI is InChI=1S/C27H28F6N6O2/c1-36-12-13-37(2)23(36)21(40)34-19-10-8-17(9-11-19)25(26(28,29)30,27(31,32)33)18-6-5-7-20(16-18)35-22(41)24-38(3)14-15-39(24)4/h5-16,23-24H,1-4H3,(H,34,40)(H,35,41). The van der Waals surface area contributed by atoms with Gasteiger partial charge in [-0.3, -0.25) is 9.59 Å². The molecule has 8 nitrogen and oxygen atoms in total. The number of hydrogen-bond acceptors (Lipinski definition) is 6. The monoisotopic (exact) mass is 582 g/mol. The molecule has 2 aromatic carbocycles. The van der Waals surface area contributed by atoms with Crippen LogP contribution in [0.25, 0.3) is 0 Å². The average Bonchev–Trinajstić information content (AvgIpc) is 3.38. The number of carbonyl (C=O) groups excluding carboxylic acids is 2. The minimum absolute atomic E-state index is 0.0186. The first-order chi connectivity index (χ1) is 19.1. The Bertz CT molecular complexity index is 1320. The molecule has 0 unspecified atom stereocenters. The Morgan fingerprint density at radius 2 is 1.02 bits per heavy atom. The molecule has 41 heavy (non-hydrogen) atoms. The number of halogens is 6. The van der Waals surface area contributed by atoms with E-state index < -0.39 is 53.0 Å². The molecule has 0 saturated heterocycles. The van der Waals surface area contributed by atoms with E-state index in [1.54, 1.807) is 62.8 Å². The highest BCUT2D eigenvalue weighted by atomic mass is 19.4. The summed E-state index contributed by atoms with van der Waals surface area (Å²) >= 11 is 0. The smallest absolute Gasteiger partial charge is 0.351 e. The molecule has 0 saturated carbocycles. The fourth-order valence-corrected chi connectivity index (χ4v) is 5.09. The minimum Gasteiger partial charge on any atom is -0.351 e. The zero-order valence-electron chi connectivity index (χ0n) is 22.5. The normalized spacial score (nSPS) is 16.6. The van der Waals surface area contributed by atoms with Crippen LogP contribution in [0.1, 0.15) is 11.1 Å². The Labute approximate surface area is 232 Å². The van der Waals surface area contributed by atoms with E-state index in [0.717, 1.165) is 24.3 Å². The third-order valence-electron chi connectivity index (χ3n) is 7.08. The van der Waals surface area contributed by atoms with E-state index in [1.165, 1.54) is 15.9 Å². The van der Waals surface area contributed by atoms with Gasteiger partial charge in [0.15, 0.2) is 12.3 Å². The number of rotatable bonds is 6. The zero-order valence-corrected chi connectivity index (χ0v) is 22.5. The van der Waals surface area contributed by atoms with Gasteiger partial charge in [-0.25, -0.2) is 0 Å². The summed E-state index contributed by atoms with van der Waals surface area (Å²) in [5.41, 5.74) is -6.87. The molecule has 0 aliphatic carbocycles. The van der Waals surface area contributed by atoms with Crippen LogP contribution in [0, 0.1) is 0 Å². The molecule has 0 spiro atoms. The van der Waals surface area contributed by atoms with Crippen molar-refractivity contribution >= 4 is 23.2 Å². The first kappa shape index (κ1) is 29.6. The van der Waals surface area contributed by atoms with Gasteiger partial charge >= 0.3 is 12.4 Å². The summed E-state index contributed by atoms with van der Waals surface area (Å²) in [6.45, 7) is 0. The molecule has 0 fully saturated rings. The highest BCUT2D eigenvalue weighted by molar-refractivity contribution is 5.95. The number of carbonyl (C=O) groups is 2. The number of nitrogens with one attached hydrogen (secondary N) is 2. The fourth-order valence-electron chi connectivity index (χ4n) is 5.09. The fraction of sp³-hybridized carbons (Fsp3) is 0.333. The van der Waals surface area contributed by atoms with Crippen LogP contribution < -0.4 is 10.6 Å². The molecule has 14 heteroatoms. The van der Waals surface area contributed by atoms with E-state index >= 15 is 0 Å². The largest absolute Gasteiger partial charge is 0.411 e. The third-order valence-corrected chi connectivity index (χ3v) is 7.08. The number of anilines is 2. The summed E-state index contributed by atoms with van der Waals surface area (Å²) in [7, 11) is 6.50. The third kappa shape index (κ3) is 5.25. The van der Waals surface area contributed by atoms with E-state index in [4.69, 9.17) is 0 Å². The Hall–Kier alpha value is -4.36. The topological polar surface area (TPSA) is 71.2 Å². The summed E-state index contributed by atoms with van der Waals surface area (Å²) in [6, 6.07) is 7.00. The number of amides is 2. The zero-order chi connectivity index (χ0) is 30.3. The van der Waals surface area contributed by atoms with Crippen molar-refractivity contribution in [2.45, 2.75) is 30.1 Å². The van der Waals surface area contributed by atoms with Crippen molar-refractivity contribution in [2.24, 2.45) is 0 Å². The highest BCUT2D eigenvalue weighted by Gasteiger charge is 2.72. The molecule has 0 bridgehead atoms. The second-order valence-corrected chi connectivity index (χ2v) is 9.89. The molecule has 220 valence electrons. The van der Waals surface area contributed by atoms with E-state index in [2.05, 4.69) is 10.6 Å². The predicted octanol–water partition coefficient (Wildman–Crippen LogP) is 4.32. The summed E-state index contributed by atoms with van der Waals surface area (Å²) in [5.74, 6) is -1.17. The maximum Gasteiger partial charge on any atom is 0.411 e. The van der Waals surface area contributed by atoms with Crippen molar-refractivity contribution in [3.63, 3.8) is 0 Å². The molecule has 2 aromatic rings. The number of hydrogen-bond donors (Lipinski definition) is 2. The van der Waals surface area contributed by atoms with E-state index in [0.29, 0.717) is 18.2 Å². The Morgan fingerprint density at radius 3 is 1.44 bits per heavy atom. The lowest BCUT2D eigenvalue weighted by atomic mass is 9.72. The molecule has 2 aliphatic rings. The molecule has 2 aliphatic heterocycles. The Balaban J connectivity index is 1.69. The van der Waals surface area contributed by atoms with Crippen molar-refractivity contribution < 1.29 is 35.9 Å². The lowest BCUT2D eigenvalue weighted by molar-refractivity contribution is -0.288. The maximum absolute atomic E-state index is 14.7. The molecular formula is C27H28F6N6O2. The molecule has 2 heterocycles. The predicted molar refractivity (Wildman–Crippen MR) is 140 cm³/mol. The van der Waals surface area contributed by atoms with Gasteiger partial charge in [-0.2, -0.15) is 26.3 Å². The molecule has 0 radical (unpaired) electrons. The molecular weight excluding hydrogens is 554 g/mol. The van der Waals surface area contributed by atoms with Gasteiger partial charge in [-0.1, -0.05) is 24.3 Å². The van der Waals surface area contributed by atoms with E-state index in [-0.39, 0.29) is 11.4 Å². The molecule has 0 aromatic heterocycles. The number of alkyl halides is 6. The second kappa shape index (κ2) is 10.6. The van der Waals surface area contributed by atoms with Crippen molar-refractivity contribution in [3.8, 4) is 0 Å². The van der Waals surface area contributed by atoms with Crippen LogP contribution in [-0.2, 0) is 15.0 Å². The first-order valence-corrected chi connectivity index (χ1v) is 12.3. The van der Waals surface area contributed by atoms with Gasteiger partial charge in [0.25, 0.3) is 11.8 Å². The van der Waals surface area contributed by atoms with E-state index in [9.17, 15) is 35.9 Å². The molecule has 2 amide bonds. The van der Waals surface area contributed by atoms with Gasteiger partial charge in [-0.15, -0.1) is 0 Å². The Kier molecular flexibility index (Phi) is 7.63. The van der Waals surface area contributed by atoms with Gasteiger partial charge in [0.2, 0.25) is 5.41 Å². The van der Waals surface area contributed by atoms with Crippen molar-refractivity contribution in [1.82, 2.24) is 19.6 Å². The van der Waals surface area contributed by atoms with Crippen molar-refractivity contribution in [3.05, 3.63) is 84.5 Å². The summed E-state index contributed by atoms with van der Waals surface area (Å²) < 4.78 is 88.0. The summed E-state index contributed by atoms with van der Waals surface area (Å²) in [6.07, 6.45) is -6.73. The van der Waals surface area contributed by atoms with Crippen LogP contribution in [0.5, 0.6) is 0 Å². The Morgan fingerprint density at radius 1 is 0.610 bits per heavy atom. The summed E-state index contributed by atoms with van der Waals surface area (Å²) in [5, 5.41) is 4.94. The van der Waals surface area contributed by atoms with Crippen molar-refractivity contribution in [2.75, 3.05) is 38.8 Å². The van der Waals surface area contributed by atoms with Crippen LogP contribution in [0.15, 0.2) is 73.3 Å². The average molecular weight is 583 g/mol. The van der Waals surface area contributed by atoms with Crippen molar-refractivity contribution in [1.29, 1.82) is 0 Å². The quantitative estimate of drug-likeness (QED) is 0.495. The second-order valence-electron chi connectivity index (χ2n) is 9.89. The van der Waals surface area contributed by atoms with Gasteiger partial charge in [-0.05, 0) is 35.4 Å². The summed E-state index contributed by atoms with van der Waals surface area (Å²) in [4.78, 5) is 31.7. The molecule has 4 rings (SSSR count). The lowest BCUT2D eigenvalue weighted by Crippen LogP contribution is -2.54. The number of benzene rings is 2. The van der Waals surface area contributed by atoms with Crippen LogP contribution in [0.2, 0.25) is 0 Å². The van der Waals surface area contributed by atoms with Crippen LogP contribution in [0.3, 0.4) is 0 Å².